The number of hydrogen-bond acceptors (Lipinski definition) is 5. The number of methoxy groups -OCH3 is 1. The first-order valence-electron chi connectivity index (χ1n) is 10.5. The fourth-order valence-corrected chi connectivity index (χ4v) is 7.08. The van der Waals surface area contributed by atoms with Gasteiger partial charge in [-0.2, -0.15) is 18.8 Å². The summed E-state index contributed by atoms with van der Waals surface area (Å²) in [6.45, 7) is 2.69. The third-order valence-corrected chi connectivity index (χ3v) is 8.36. The van der Waals surface area contributed by atoms with E-state index < -0.39 is 10.3 Å². The summed E-state index contributed by atoms with van der Waals surface area (Å²) in [6, 6.07) is 6.35. The number of nitriles is 1. The smallest absolute Gasteiger partial charge is 0.380 e. The standard InChI is InChI=1S/C22H30N2O4S/c1-22-9-7-17-18(20(22)6-4-16(22)8-10-23)5-3-14-12-21(28-29(24,25)26)15(13-27-2)11-19(14)17/h11-12,16-18,20H,3-9,13H2,1-2H3,(H2,24,25,26)/t16-,17+,18-,20+,22-/m1/s1. The fourth-order valence-electron chi connectivity index (χ4n) is 6.67. The van der Waals surface area contributed by atoms with E-state index in [1.54, 1.807) is 7.11 Å². The summed E-state index contributed by atoms with van der Waals surface area (Å²) in [7, 11) is -2.50. The Morgan fingerprint density at radius 1 is 1.28 bits per heavy atom. The highest BCUT2D eigenvalue weighted by molar-refractivity contribution is 7.84. The molecule has 0 aliphatic heterocycles. The van der Waals surface area contributed by atoms with Gasteiger partial charge in [-0.15, -0.1) is 0 Å². The summed E-state index contributed by atoms with van der Waals surface area (Å²) < 4.78 is 33.3. The molecule has 0 spiro atoms. The summed E-state index contributed by atoms with van der Waals surface area (Å²) in [5.74, 6) is 2.58. The molecule has 6 nitrogen and oxygen atoms in total. The molecule has 0 bridgehead atoms. The van der Waals surface area contributed by atoms with Crippen molar-refractivity contribution in [3.8, 4) is 11.8 Å². The molecule has 29 heavy (non-hydrogen) atoms. The molecule has 2 N–H and O–H groups in total. The van der Waals surface area contributed by atoms with Gasteiger partial charge in [0.05, 0.1) is 12.7 Å². The van der Waals surface area contributed by atoms with Crippen LogP contribution < -0.4 is 9.32 Å². The maximum atomic E-state index is 11.5. The average molecular weight is 419 g/mol. The summed E-state index contributed by atoms with van der Waals surface area (Å²) in [4.78, 5) is 0. The molecule has 0 amide bonds. The lowest BCUT2D eigenvalue weighted by Crippen LogP contribution is -2.42. The largest absolute Gasteiger partial charge is 0.380 e. The molecule has 0 aromatic heterocycles. The Morgan fingerprint density at radius 2 is 2.07 bits per heavy atom. The lowest BCUT2D eigenvalue weighted by Gasteiger charge is -2.51. The van der Waals surface area contributed by atoms with Crippen molar-refractivity contribution >= 4 is 10.3 Å². The van der Waals surface area contributed by atoms with Crippen LogP contribution in [0.4, 0.5) is 0 Å². The van der Waals surface area contributed by atoms with Gasteiger partial charge in [-0.3, -0.25) is 0 Å². The molecule has 0 heterocycles. The van der Waals surface area contributed by atoms with Crippen molar-refractivity contribution in [1.29, 1.82) is 5.26 Å². The normalized spacial score (nSPS) is 33.3. The highest BCUT2D eigenvalue weighted by Crippen LogP contribution is 2.63. The van der Waals surface area contributed by atoms with Crippen LogP contribution in [0.2, 0.25) is 0 Å². The first-order valence-corrected chi connectivity index (χ1v) is 12.0. The molecule has 5 atom stereocenters. The van der Waals surface area contributed by atoms with Gasteiger partial charge >= 0.3 is 10.3 Å². The predicted molar refractivity (Wildman–Crippen MR) is 109 cm³/mol. The first-order chi connectivity index (χ1) is 13.8. The number of nitrogens with zero attached hydrogens (tertiary/aromatic N) is 1. The first kappa shape index (κ1) is 20.6. The molecule has 3 aliphatic rings. The molecule has 1 aromatic rings. The zero-order valence-electron chi connectivity index (χ0n) is 17.2. The highest BCUT2D eigenvalue weighted by Gasteiger charge is 2.54. The lowest BCUT2D eigenvalue weighted by atomic mass is 9.54. The Morgan fingerprint density at radius 3 is 2.76 bits per heavy atom. The van der Waals surface area contributed by atoms with E-state index in [1.165, 1.54) is 24.0 Å². The summed E-state index contributed by atoms with van der Waals surface area (Å²) in [5, 5.41) is 14.4. The molecule has 0 saturated heterocycles. The second-order valence-corrected chi connectivity index (χ2v) is 10.4. The van der Waals surface area contributed by atoms with Crippen LogP contribution in [-0.4, -0.2) is 15.5 Å². The Hall–Kier alpha value is -1.62. The molecule has 2 fully saturated rings. The third kappa shape index (κ3) is 3.67. The second-order valence-electron chi connectivity index (χ2n) is 9.26. The minimum Gasteiger partial charge on any atom is -0.380 e. The predicted octanol–water partition coefficient (Wildman–Crippen LogP) is 3.80. The monoisotopic (exact) mass is 418 g/mol. The SMILES string of the molecule is COCc1cc2c(cc1OS(N)(=O)=O)CC[C@@H]1[C@@H]2CC[C@]2(C)[C@@H](CC#N)CC[C@@H]12. The van der Waals surface area contributed by atoms with Gasteiger partial charge in [0.25, 0.3) is 0 Å². The van der Waals surface area contributed by atoms with E-state index in [9.17, 15) is 13.7 Å². The van der Waals surface area contributed by atoms with Crippen molar-refractivity contribution in [1.82, 2.24) is 0 Å². The van der Waals surface area contributed by atoms with Crippen molar-refractivity contribution in [3.63, 3.8) is 0 Å². The molecule has 0 unspecified atom stereocenters. The maximum absolute atomic E-state index is 11.5. The van der Waals surface area contributed by atoms with Crippen molar-refractivity contribution in [2.45, 2.75) is 64.4 Å². The zero-order chi connectivity index (χ0) is 20.8. The average Bonchev–Trinajstić information content (AvgIpc) is 2.98. The Bertz CT molecular complexity index is 939. The van der Waals surface area contributed by atoms with Gasteiger partial charge in [-0.05, 0) is 90.9 Å². The maximum Gasteiger partial charge on any atom is 0.380 e. The van der Waals surface area contributed by atoms with Crippen molar-refractivity contribution < 1.29 is 17.3 Å². The van der Waals surface area contributed by atoms with Gasteiger partial charge in [-0.25, -0.2) is 0 Å². The van der Waals surface area contributed by atoms with Crippen LogP contribution >= 0.6 is 0 Å². The minimum atomic E-state index is -4.08. The molecular formula is C22H30N2O4S. The van der Waals surface area contributed by atoms with Crippen LogP contribution in [0.25, 0.3) is 0 Å². The number of ether oxygens (including phenoxy) is 1. The lowest BCUT2D eigenvalue weighted by molar-refractivity contribution is 0.0296. The Labute approximate surface area is 173 Å². The fraction of sp³-hybridized carbons (Fsp3) is 0.682. The minimum absolute atomic E-state index is 0.278. The number of benzene rings is 1. The Balaban J connectivity index is 1.68. The van der Waals surface area contributed by atoms with E-state index in [0.717, 1.165) is 31.2 Å². The van der Waals surface area contributed by atoms with E-state index in [-0.39, 0.29) is 17.8 Å². The van der Waals surface area contributed by atoms with Crippen LogP contribution in [0.5, 0.6) is 5.75 Å². The van der Waals surface area contributed by atoms with E-state index >= 15 is 0 Å². The van der Waals surface area contributed by atoms with E-state index in [2.05, 4.69) is 19.1 Å². The van der Waals surface area contributed by atoms with Crippen LogP contribution in [-0.2, 0) is 28.1 Å². The van der Waals surface area contributed by atoms with Crippen molar-refractivity contribution in [2.75, 3.05) is 7.11 Å². The number of hydrogen-bond donors (Lipinski definition) is 1. The van der Waals surface area contributed by atoms with E-state index in [1.807, 2.05) is 6.07 Å². The van der Waals surface area contributed by atoms with Crippen LogP contribution in [0.3, 0.4) is 0 Å². The van der Waals surface area contributed by atoms with Gasteiger partial charge < -0.3 is 8.92 Å². The van der Waals surface area contributed by atoms with Gasteiger partial charge in [0, 0.05) is 19.1 Å². The summed E-state index contributed by atoms with van der Waals surface area (Å²) in [6.07, 6.45) is 7.36. The number of aryl methyl sites for hydroxylation is 1. The Kier molecular flexibility index (Phi) is 5.39. The molecule has 0 radical (unpaired) electrons. The topological polar surface area (TPSA) is 102 Å². The molecule has 7 heteroatoms. The summed E-state index contributed by atoms with van der Waals surface area (Å²) >= 11 is 0. The zero-order valence-corrected chi connectivity index (χ0v) is 18.0. The third-order valence-electron chi connectivity index (χ3n) is 7.95. The van der Waals surface area contributed by atoms with Crippen LogP contribution in [0.1, 0.15) is 68.1 Å². The molecule has 3 aliphatic carbocycles. The molecule has 158 valence electrons. The highest BCUT2D eigenvalue weighted by atomic mass is 32.2. The number of nitrogens with two attached hydrogens (primary N) is 1. The van der Waals surface area contributed by atoms with Gasteiger partial charge in [0.15, 0.2) is 0 Å². The molecular weight excluding hydrogens is 388 g/mol. The quantitative estimate of drug-likeness (QED) is 0.783. The number of rotatable bonds is 5. The van der Waals surface area contributed by atoms with E-state index in [4.69, 9.17) is 14.1 Å². The molecule has 2 saturated carbocycles. The van der Waals surface area contributed by atoms with Crippen LogP contribution in [0.15, 0.2) is 12.1 Å². The van der Waals surface area contributed by atoms with Gasteiger partial charge in [-0.1, -0.05) is 6.92 Å². The van der Waals surface area contributed by atoms with Crippen molar-refractivity contribution in [2.24, 2.45) is 28.3 Å². The van der Waals surface area contributed by atoms with Gasteiger partial charge in [0.1, 0.15) is 5.75 Å². The van der Waals surface area contributed by atoms with E-state index in [0.29, 0.717) is 30.1 Å². The summed E-state index contributed by atoms with van der Waals surface area (Å²) in [5.41, 5.74) is 3.49. The number of fused-ring (bicyclic) bond motifs is 5. The van der Waals surface area contributed by atoms with Crippen LogP contribution in [0, 0.1) is 34.5 Å². The van der Waals surface area contributed by atoms with Gasteiger partial charge in [0.2, 0.25) is 0 Å². The molecule has 1 aromatic carbocycles. The molecule has 4 rings (SSSR count). The van der Waals surface area contributed by atoms with Crippen molar-refractivity contribution in [3.05, 3.63) is 28.8 Å². The second kappa shape index (κ2) is 7.57.